The van der Waals surface area contributed by atoms with E-state index in [-0.39, 0.29) is 12.1 Å². The number of benzene rings is 2. The highest BCUT2D eigenvalue weighted by Gasteiger charge is 2.19. The van der Waals surface area contributed by atoms with Crippen molar-refractivity contribution in [2.45, 2.75) is 19.1 Å². The lowest BCUT2D eigenvalue weighted by atomic mass is 10.0. The van der Waals surface area contributed by atoms with E-state index in [9.17, 15) is 0 Å². The molecule has 4 heteroatoms. The zero-order chi connectivity index (χ0) is 14.5. The van der Waals surface area contributed by atoms with Gasteiger partial charge in [0.25, 0.3) is 0 Å². The smallest absolute Gasteiger partial charge is 0.162 e. The van der Waals surface area contributed by atoms with Crippen LogP contribution in [0.25, 0.3) is 0 Å². The monoisotopic (exact) mass is 335 g/mol. The minimum absolute atomic E-state index is 0.138. The van der Waals surface area contributed by atoms with E-state index < -0.39 is 0 Å². The molecule has 0 aromatic heterocycles. The Kier molecular flexibility index (Phi) is 5.04. The van der Waals surface area contributed by atoms with E-state index >= 15 is 0 Å². The van der Waals surface area contributed by atoms with E-state index in [0.717, 1.165) is 10.0 Å². The molecule has 2 rings (SSSR count). The quantitative estimate of drug-likeness (QED) is 0.900. The summed E-state index contributed by atoms with van der Waals surface area (Å²) in [7, 11) is 1.63. The molecule has 106 valence electrons. The second-order valence-corrected chi connectivity index (χ2v) is 5.52. The summed E-state index contributed by atoms with van der Waals surface area (Å²) in [6.45, 7) is 1.93. The first-order chi connectivity index (χ1) is 9.61. The third-order valence-electron chi connectivity index (χ3n) is 3.00. The number of hydrogen-bond donors (Lipinski definition) is 1. The summed E-state index contributed by atoms with van der Waals surface area (Å²) in [5.41, 5.74) is 7.10. The molecule has 2 N–H and O–H groups in total. The van der Waals surface area contributed by atoms with Crippen LogP contribution in [0, 0.1) is 0 Å². The lowest BCUT2D eigenvalue weighted by Crippen LogP contribution is -2.29. The normalized spacial score (nSPS) is 13.6. The van der Waals surface area contributed by atoms with Crippen molar-refractivity contribution in [1.82, 2.24) is 0 Å². The van der Waals surface area contributed by atoms with Crippen molar-refractivity contribution >= 4 is 15.9 Å². The number of methoxy groups -OCH3 is 1. The number of rotatable bonds is 5. The largest absolute Gasteiger partial charge is 0.493 e. The molecule has 0 aliphatic carbocycles. The standard InChI is InChI=1S/C16H18BrNO2/c1-11(18)16(12-7-9-13(17)10-8-12)20-15-6-4-3-5-14(15)19-2/h3-11,16H,18H2,1-2H3. The first-order valence-electron chi connectivity index (χ1n) is 6.42. The molecule has 0 fully saturated rings. The first kappa shape index (κ1) is 14.9. The van der Waals surface area contributed by atoms with Crippen LogP contribution in [0.1, 0.15) is 18.6 Å². The maximum Gasteiger partial charge on any atom is 0.162 e. The molecule has 0 bridgehead atoms. The van der Waals surface area contributed by atoms with Gasteiger partial charge in [0, 0.05) is 10.5 Å². The van der Waals surface area contributed by atoms with E-state index in [1.54, 1.807) is 7.11 Å². The lowest BCUT2D eigenvalue weighted by Gasteiger charge is -2.24. The lowest BCUT2D eigenvalue weighted by molar-refractivity contribution is 0.173. The highest BCUT2D eigenvalue weighted by atomic mass is 79.9. The van der Waals surface area contributed by atoms with E-state index in [4.69, 9.17) is 15.2 Å². The van der Waals surface area contributed by atoms with Crippen LogP contribution >= 0.6 is 15.9 Å². The Balaban J connectivity index is 2.28. The fourth-order valence-corrected chi connectivity index (χ4v) is 2.25. The van der Waals surface area contributed by atoms with Crippen molar-refractivity contribution in [3.63, 3.8) is 0 Å². The van der Waals surface area contributed by atoms with Crippen molar-refractivity contribution in [2.75, 3.05) is 7.11 Å². The van der Waals surface area contributed by atoms with Crippen LogP contribution < -0.4 is 15.2 Å². The molecule has 20 heavy (non-hydrogen) atoms. The summed E-state index contributed by atoms with van der Waals surface area (Å²) in [6.07, 6.45) is -0.223. The summed E-state index contributed by atoms with van der Waals surface area (Å²) in [5.74, 6) is 1.40. The zero-order valence-electron chi connectivity index (χ0n) is 11.5. The van der Waals surface area contributed by atoms with E-state index in [2.05, 4.69) is 15.9 Å². The third-order valence-corrected chi connectivity index (χ3v) is 3.53. The molecular weight excluding hydrogens is 318 g/mol. The second kappa shape index (κ2) is 6.77. The predicted octanol–water partition coefficient (Wildman–Crippen LogP) is 3.93. The van der Waals surface area contributed by atoms with Gasteiger partial charge in [0.1, 0.15) is 6.10 Å². The van der Waals surface area contributed by atoms with Crippen molar-refractivity contribution in [2.24, 2.45) is 5.73 Å². The Hall–Kier alpha value is -1.52. The average Bonchev–Trinajstić information content (AvgIpc) is 2.46. The molecule has 2 aromatic rings. The fourth-order valence-electron chi connectivity index (χ4n) is 1.98. The fraction of sp³-hybridized carbons (Fsp3) is 0.250. The summed E-state index contributed by atoms with van der Waals surface area (Å²) < 4.78 is 12.4. The van der Waals surface area contributed by atoms with Crippen LogP contribution in [0.5, 0.6) is 11.5 Å². The van der Waals surface area contributed by atoms with E-state index in [1.807, 2.05) is 55.5 Å². The molecule has 0 saturated heterocycles. The van der Waals surface area contributed by atoms with Gasteiger partial charge in [-0.25, -0.2) is 0 Å². The van der Waals surface area contributed by atoms with Gasteiger partial charge >= 0.3 is 0 Å². The summed E-state index contributed by atoms with van der Waals surface area (Å²) in [5, 5.41) is 0. The van der Waals surface area contributed by atoms with Crippen molar-refractivity contribution in [1.29, 1.82) is 0 Å². The first-order valence-corrected chi connectivity index (χ1v) is 7.22. The molecule has 2 atom stereocenters. The molecule has 0 spiro atoms. The third kappa shape index (κ3) is 3.52. The number of nitrogens with two attached hydrogens (primary N) is 1. The van der Waals surface area contributed by atoms with E-state index in [0.29, 0.717) is 11.5 Å². The molecule has 3 nitrogen and oxygen atoms in total. The molecule has 0 amide bonds. The average molecular weight is 336 g/mol. The van der Waals surface area contributed by atoms with Gasteiger partial charge in [-0.1, -0.05) is 40.2 Å². The van der Waals surface area contributed by atoms with Crippen LogP contribution in [-0.4, -0.2) is 13.2 Å². The van der Waals surface area contributed by atoms with E-state index in [1.165, 1.54) is 0 Å². The highest BCUT2D eigenvalue weighted by molar-refractivity contribution is 9.10. The highest BCUT2D eigenvalue weighted by Crippen LogP contribution is 2.32. The zero-order valence-corrected chi connectivity index (χ0v) is 13.1. The van der Waals surface area contributed by atoms with Crippen molar-refractivity contribution < 1.29 is 9.47 Å². The van der Waals surface area contributed by atoms with Gasteiger partial charge in [-0.05, 0) is 36.8 Å². The van der Waals surface area contributed by atoms with Crippen molar-refractivity contribution in [3.8, 4) is 11.5 Å². The van der Waals surface area contributed by atoms with Gasteiger partial charge in [0.2, 0.25) is 0 Å². The van der Waals surface area contributed by atoms with Crippen molar-refractivity contribution in [3.05, 3.63) is 58.6 Å². The van der Waals surface area contributed by atoms with Gasteiger partial charge in [0.05, 0.1) is 7.11 Å². The van der Waals surface area contributed by atoms with Crippen LogP contribution in [0.15, 0.2) is 53.0 Å². The Labute approximate surface area is 127 Å². The summed E-state index contributed by atoms with van der Waals surface area (Å²) in [4.78, 5) is 0. The minimum atomic E-state index is -0.223. The van der Waals surface area contributed by atoms with Gasteiger partial charge < -0.3 is 15.2 Å². The minimum Gasteiger partial charge on any atom is -0.493 e. The van der Waals surface area contributed by atoms with Crippen LogP contribution in [0.4, 0.5) is 0 Å². The Bertz CT molecular complexity index is 555. The SMILES string of the molecule is COc1ccccc1OC(c1ccc(Br)cc1)C(C)N. The van der Waals surface area contributed by atoms with Crippen LogP contribution in [0.3, 0.4) is 0 Å². The number of halogens is 1. The maximum absolute atomic E-state index is 6.07. The molecule has 2 aromatic carbocycles. The maximum atomic E-state index is 6.07. The Morgan fingerprint density at radius 2 is 1.60 bits per heavy atom. The molecular formula is C16H18BrNO2. The number of hydrogen-bond acceptors (Lipinski definition) is 3. The van der Waals surface area contributed by atoms with Gasteiger partial charge in [-0.15, -0.1) is 0 Å². The Morgan fingerprint density at radius 3 is 2.15 bits per heavy atom. The predicted molar refractivity (Wildman–Crippen MR) is 84.2 cm³/mol. The van der Waals surface area contributed by atoms with Crippen LogP contribution in [0.2, 0.25) is 0 Å². The van der Waals surface area contributed by atoms with Crippen LogP contribution in [-0.2, 0) is 0 Å². The number of para-hydroxylation sites is 2. The Morgan fingerprint density at radius 1 is 1.00 bits per heavy atom. The van der Waals surface area contributed by atoms with Gasteiger partial charge in [-0.3, -0.25) is 0 Å². The topological polar surface area (TPSA) is 44.5 Å². The molecule has 0 aliphatic heterocycles. The van der Waals surface area contributed by atoms with Gasteiger partial charge in [-0.2, -0.15) is 0 Å². The molecule has 0 saturated carbocycles. The molecule has 0 heterocycles. The molecule has 2 unspecified atom stereocenters. The summed E-state index contributed by atoms with van der Waals surface area (Å²) >= 11 is 3.43. The second-order valence-electron chi connectivity index (χ2n) is 4.60. The number of ether oxygens (including phenoxy) is 2. The van der Waals surface area contributed by atoms with Gasteiger partial charge in [0.15, 0.2) is 11.5 Å². The molecule has 0 aliphatic rings. The summed E-state index contributed by atoms with van der Waals surface area (Å²) in [6, 6.07) is 15.4. The molecule has 0 radical (unpaired) electrons.